The van der Waals surface area contributed by atoms with Crippen LogP contribution in [-0.2, 0) is 0 Å². The summed E-state index contributed by atoms with van der Waals surface area (Å²) in [5, 5.41) is 5.73. The van der Waals surface area contributed by atoms with Crippen LogP contribution in [0.4, 0.5) is 15.9 Å². The third-order valence-electron chi connectivity index (χ3n) is 3.23. The molecule has 2 rings (SSSR count). The lowest BCUT2D eigenvalue weighted by atomic mass is 10.2. The van der Waals surface area contributed by atoms with Crippen LogP contribution in [0, 0.1) is 5.82 Å². The molecule has 0 unspecified atom stereocenters. The standard InChI is InChI=1S/C17H20FN3O/c1-2-3-6-11-19-17(22)13-9-10-16(20-12-13)21-15-8-5-4-7-14(15)18/h4-5,7-10,12H,2-3,6,11H2,1H3,(H,19,22)(H,20,21). The highest BCUT2D eigenvalue weighted by Gasteiger charge is 2.06. The van der Waals surface area contributed by atoms with Crippen molar-refractivity contribution in [3.63, 3.8) is 0 Å². The highest BCUT2D eigenvalue weighted by Crippen LogP contribution is 2.17. The van der Waals surface area contributed by atoms with E-state index in [1.807, 2.05) is 0 Å². The van der Waals surface area contributed by atoms with Gasteiger partial charge in [0.05, 0.1) is 11.3 Å². The molecule has 2 aromatic rings. The molecule has 116 valence electrons. The van der Waals surface area contributed by atoms with Crippen molar-refractivity contribution in [2.45, 2.75) is 26.2 Å². The van der Waals surface area contributed by atoms with E-state index in [1.54, 1.807) is 30.3 Å². The predicted molar refractivity (Wildman–Crippen MR) is 85.8 cm³/mol. The Bertz CT molecular complexity index is 614. The first kappa shape index (κ1) is 15.9. The number of carbonyl (C=O) groups is 1. The number of rotatable bonds is 7. The zero-order valence-electron chi connectivity index (χ0n) is 12.6. The number of amides is 1. The molecule has 4 nitrogen and oxygen atoms in total. The maximum Gasteiger partial charge on any atom is 0.252 e. The van der Waals surface area contributed by atoms with Gasteiger partial charge in [0.1, 0.15) is 11.6 Å². The van der Waals surface area contributed by atoms with Gasteiger partial charge < -0.3 is 10.6 Å². The van der Waals surface area contributed by atoms with Crippen LogP contribution in [0.2, 0.25) is 0 Å². The Morgan fingerprint density at radius 3 is 2.68 bits per heavy atom. The zero-order valence-corrected chi connectivity index (χ0v) is 12.6. The first-order chi connectivity index (χ1) is 10.7. The van der Waals surface area contributed by atoms with Gasteiger partial charge in [0, 0.05) is 12.7 Å². The Labute approximate surface area is 129 Å². The van der Waals surface area contributed by atoms with E-state index in [2.05, 4.69) is 22.5 Å². The zero-order chi connectivity index (χ0) is 15.8. The minimum absolute atomic E-state index is 0.138. The van der Waals surface area contributed by atoms with Crippen molar-refractivity contribution in [3.8, 4) is 0 Å². The summed E-state index contributed by atoms with van der Waals surface area (Å²) in [6.45, 7) is 2.79. The molecule has 1 aromatic carbocycles. The van der Waals surface area contributed by atoms with Crippen LogP contribution in [0.15, 0.2) is 42.6 Å². The molecule has 0 fully saturated rings. The van der Waals surface area contributed by atoms with Gasteiger partial charge in [-0.3, -0.25) is 4.79 Å². The van der Waals surface area contributed by atoms with Crippen molar-refractivity contribution in [1.82, 2.24) is 10.3 Å². The molecule has 1 heterocycles. The first-order valence-corrected chi connectivity index (χ1v) is 7.46. The SMILES string of the molecule is CCCCCNC(=O)c1ccc(Nc2ccccc2F)nc1. The molecule has 1 aromatic heterocycles. The molecule has 0 saturated carbocycles. The number of para-hydroxylation sites is 1. The highest BCUT2D eigenvalue weighted by molar-refractivity contribution is 5.94. The average molecular weight is 301 g/mol. The first-order valence-electron chi connectivity index (χ1n) is 7.46. The van der Waals surface area contributed by atoms with Crippen LogP contribution in [0.3, 0.4) is 0 Å². The maximum atomic E-state index is 13.5. The van der Waals surface area contributed by atoms with E-state index in [1.165, 1.54) is 12.3 Å². The molecule has 0 bridgehead atoms. The quantitative estimate of drug-likeness (QED) is 0.763. The van der Waals surface area contributed by atoms with E-state index < -0.39 is 0 Å². The van der Waals surface area contributed by atoms with Crippen molar-refractivity contribution in [1.29, 1.82) is 0 Å². The normalized spacial score (nSPS) is 10.3. The van der Waals surface area contributed by atoms with Gasteiger partial charge in [0.15, 0.2) is 0 Å². The van der Waals surface area contributed by atoms with Crippen LogP contribution in [0.5, 0.6) is 0 Å². The van der Waals surface area contributed by atoms with Gasteiger partial charge in [-0.2, -0.15) is 0 Å². The van der Waals surface area contributed by atoms with E-state index in [0.29, 0.717) is 23.6 Å². The molecule has 0 aliphatic carbocycles. The second-order valence-corrected chi connectivity index (χ2v) is 5.00. The predicted octanol–water partition coefficient (Wildman–Crippen LogP) is 3.88. The summed E-state index contributed by atoms with van der Waals surface area (Å²) in [6.07, 6.45) is 4.68. The Kier molecular flexibility index (Phi) is 5.89. The summed E-state index contributed by atoms with van der Waals surface area (Å²) in [4.78, 5) is 16.0. The van der Waals surface area contributed by atoms with Crippen LogP contribution in [0.25, 0.3) is 0 Å². The molecule has 2 N–H and O–H groups in total. The van der Waals surface area contributed by atoms with E-state index >= 15 is 0 Å². The van der Waals surface area contributed by atoms with Gasteiger partial charge in [-0.15, -0.1) is 0 Å². The fraction of sp³-hybridized carbons (Fsp3) is 0.294. The summed E-state index contributed by atoms with van der Waals surface area (Å²) in [6, 6.07) is 9.70. The summed E-state index contributed by atoms with van der Waals surface area (Å²) < 4.78 is 13.5. The van der Waals surface area contributed by atoms with Crippen LogP contribution in [-0.4, -0.2) is 17.4 Å². The number of nitrogens with zero attached hydrogens (tertiary/aromatic N) is 1. The average Bonchev–Trinajstić information content (AvgIpc) is 2.54. The number of nitrogens with one attached hydrogen (secondary N) is 2. The Morgan fingerprint density at radius 1 is 1.18 bits per heavy atom. The fourth-order valence-corrected chi connectivity index (χ4v) is 1.98. The molecule has 0 aliphatic rings. The van der Waals surface area contributed by atoms with Gasteiger partial charge in [-0.25, -0.2) is 9.37 Å². The number of aromatic nitrogens is 1. The molecular weight excluding hydrogens is 281 g/mol. The monoisotopic (exact) mass is 301 g/mol. The largest absolute Gasteiger partial charge is 0.352 e. The molecule has 0 saturated heterocycles. The Hall–Kier alpha value is -2.43. The molecule has 0 radical (unpaired) electrons. The summed E-state index contributed by atoms with van der Waals surface area (Å²) in [5.74, 6) is 0.00993. The lowest BCUT2D eigenvalue weighted by Gasteiger charge is -2.08. The Morgan fingerprint density at radius 2 is 2.00 bits per heavy atom. The van der Waals surface area contributed by atoms with E-state index in [9.17, 15) is 9.18 Å². The number of carbonyl (C=O) groups excluding carboxylic acids is 1. The third kappa shape index (κ3) is 4.55. The molecule has 5 heteroatoms. The number of pyridine rings is 1. The maximum absolute atomic E-state index is 13.5. The van der Waals surface area contributed by atoms with Crippen molar-refractivity contribution < 1.29 is 9.18 Å². The van der Waals surface area contributed by atoms with E-state index in [-0.39, 0.29) is 11.7 Å². The lowest BCUT2D eigenvalue weighted by Crippen LogP contribution is -2.24. The van der Waals surface area contributed by atoms with Gasteiger partial charge in [-0.05, 0) is 30.7 Å². The number of benzene rings is 1. The molecule has 0 aliphatic heterocycles. The Balaban J connectivity index is 1.92. The summed E-state index contributed by atoms with van der Waals surface area (Å²) >= 11 is 0. The van der Waals surface area contributed by atoms with Crippen LogP contribution in [0.1, 0.15) is 36.5 Å². The number of hydrogen-bond acceptors (Lipinski definition) is 3. The van der Waals surface area contributed by atoms with Crippen molar-refractivity contribution >= 4 is 17.4 Å². The van der Waals surface area contributed by atoms with Gasteiger partial charge >= 0.3 is 0 Å². The van der Waals surface area contributed by atoms with E-state index in [0.717, 1.165) is 19.3 Å². The molecule has 0 atom stereocenters. The number of halogens is 1. The minimum Gasteiger partial charge on any atom is -0.352 e. The van der Waals surface area contributed by atoms with Crippen molar-refractivity contribution in [2.75, 3.05) is 11.9 Å². The second-order valence-electron chi connectivity index (χ2n) is 5.00. The van der Waals surface area contributed by atoms with Crippen molar-refractivity contribution in [3.05, 3.63) is 54.0 Å². The van der Waals surface area contributed by atoms with Crippen molar-refractivity contribution in [2.24, 2.45) is 0 Å². The lowest BCUT2D eigenvalue weighted by molar-refractivity contribution is 0.0952. The molecule has 1 amide bonds. The molecule has 22 heavy (non-hydrogen) atoms. The van der Waals surface area contributed by atoms with Gasteiger partial charge in [0.2, 0.25) is 0 Å². The number of anilines is 2. The smallest absolute Gasteiger partial charge is 0.252 e. The van der Waals surface area contributed by atoms with E-state index in [4.69, 9.17) is 0 Å². The number of hydrogen-bond donors (Lipinski definition) is 2. The third-order valence-corrected chi connectivity index (χ3v) is 3.23. The van der Waals surface area contributed by atoms with Crippen LogP contribution < -0.4 is 10.6 Å². The van der Waals surface area contributed by atoms with Gasteiger partial charge in [0.25, 0.3) is 5.91 Å². The summed E-state index contributed by atoms with van der Waals surface area (Å²) in [7, 11) is 0. The minimum atomic E-state index is -0.345. The topological polar surface area (TPSA) is 54.0 Å². The fourth-order valence-electron chi connectivity index (χ4n) is 1.98. The molecular formula is C17H20FN3O. The van der Waals surface area contributed by atoms with Gasteiger partial charge in [-0.1, -0.05) is 31.9 Å². The highest BCUT2D eigenvalue weighted by atomic mass is 19.1. The van der Waals surface area contributed by atoms with Crippen LogP contribution >= 0.6 is 0 Å². The molecule has 0 spiro atoms. The second kappa shape index (κ2) is 8.12. The summed E-state index contributed by atoms with van der Waals surface area (Å²) in [5.41, 5.74) is 0.849. The number of unbranched alkanes of at least 4 members (excludes halogenated alkanes) is 2.